The van der Waals surface area contributed by atoms with E-state index in [1.54, 1.807) is 13.8 Å². The van der Waals surface area contributed by atoms with Crippen LogP contribution in [0.2, 0.25) is 0 Å². The Labute approximate surface area is 88.3 Å². The number of ether oxygens (including phenoxy) is 1. The van der Waals surface area contributed by atoms with Gasteiger partial charge in [-0.2, -0.15) is 0 Å². The van der Waals surface area contributed by atoms with E-state index in [2.05, 4.69) is 0 Å². The predicted molar refractivity (Wildman–Crippen MR) is 53.1 cm³/mol. The molecule has 82 valence electrons. The lowest BCUT2D eigenvalue weighted by atomic mass is 9.75. The first-order valence-corrected chi connectivity index (χ1v) is 4.74. The highest BCUT2D eigenvalue weighted by molar-refractivity contribution is 6.11. The Balaban J connectivity index is 2.84. The Bertz CT molecular complexity index is 354. The Morgan fingerprint density at radius 1 is 1.53 bits per heavy atom. The number of hydrogen-bond donors (Lipinski definition) is 0. The molecule has 1 atom stereocenters. The molecule has 0 saturated heterocycles. The number of rotatable bonds is 2. The molecule has 0 unspecified atom stereocenters. The van der Waals surface area contributed by atoms with Crippen molar-refractivity contribution in [2.75, 3.05) is 6.61 Å². The summed E-state index contributed by atoms with van der Waals surface area (Å²) in [6, 6.07) is 0. The molecule has 0 fully saturated rings. The number of allylic oxidation sites excluding steroid dienone is 2. The lowest BCUT2D eigenvalue weighted by molar-refractivity contribution is -0.148. The van der Waals surface area contributed by atoms with E-state index >= 15 is 0 Å². The van der Waals surface area contributed by atoms with Crippen LogP contribution in [0.1, 0.15) is 27.2 Å². The maximum Gasteiger partial charge on any atom is 0.302 e. The second kappa shape index (κ2) is 3.96. The lowest BCUT2D eigenvalue weighted by Gasteiger charge is -2.29. The second-order valence-corrected chi connectivity index (χ2v) is 4.14. The number of carbonyl (C=O) groups excluding carboxylic acids is 3. The molecule has 0 radical (unpaired) electrons. The third-order valence-corrected chi connectivity index (χ3v) is 2.44. The second-order valence-electron chi connectivity index (χ2n) is 4.14. The van der Waals surface area contributed by atoms with Crippen molar-refractivity contribution >= 4 is 17.5 Å². The normalized spacial score (nSPS) is 26.2. The molecule has 4 heteroatoms. The van der Waals surface area contributed by atoms with E-state index < -0.39 is 11.4 Å². The summed E-state index contributed by atoms with van der Waals surface area (Å²) < 4.78 is 4.81. The number of Topliss-reactive ketones (excluding diaryl/α,β-unsaturated/α-hetero) is 1. The van der Waals surface area contributed by atoms with Crippen LogP contribution >= 0.6 is 0 Å². The van der Waals surface area contributed by atoms with Gasteiger partial charge in [-0.25, -0.2) is 0 Å². The highest BCUT2D eigenvalue weighted by atomic mass is 16.5. The van der Waals surface area contributed by atoms with Crippen molar-refractivity contribution in [1.82, 2.24) is 0 Å². The van der Waals surface area contributed by atoms with E-state index in [0.717, 1.165) is 0 Å². The van der Waals surface area contributed by atoms with Gasteiger partial charge in [0.15, 0.2) is 11.6 Å². The minimum atomic E-state index is -0.887. The molecular weight excluding hydrogens is 196 g/mol. The van der Waals surface area contributed by atoms with Crippen LogP contribution in [0.25, 0.3) is 0 Å². The zero-order valence-corrected chi connectivity index (χ0v) is 9.12. The van der Waals surface area contributed by atoms with Crippen molar-refractivity contribution in [3.63, 3.8) is 0 Å². The number of esters is 1. The molecule has 0 heterocycles. The predicted octanol–water partition coefficient (Wildman–Crippen LogP) is 1.04. The molecule has 1 aliphatic rings. The van der Waals surface area contributed by atoms with Crippen LogP contribution in [0.15, 0.2) is 11.6 Å². The molecule has 0 aliphatic heterocycles. The highest BCUT2D eigenvalue weighted by Gasteiger charge is 2.39. The van der Waals surface area contributed by atoms with E-state index in [9.17, 15) is 14.4 Å². The van der Waals surface area contributed by atoms with Gasteiger partial charge in [0.05, 0.1) is 5.41 Å². The number of carbonyl (C=O) groups is 3. The van der Waals surface area contributed by atoms with Crippen molar-refractivity contribution < 1.29 is 19.1 Å². The molecule has 0 spiro atoms. The third kappa shape index (κ3) is 2.52. The van der Waals surface area contributed by atoms with Crippen LogP contribution in [-0.2, 0) is 19.1 Å². The van der Waals surface area contributed by atoms with Crippen LogP contribution in [0.4, 0.5) is 0 Å². The van der Waals surface area contributed by atoms with Crippen LogP contribution < -0.4 is 0 Å². The summed E-state index contributed by atoms with van der Waals surface area (Å²) >= 11 is 0. The fourth-order valence-electron chi connectivity index (χ4n) is 1.68. The molecule has 0 aromatic heterocycles. The van der Waals surface area contributed by atoms with Crippen molar-refractivity contribution in [3.8, 4) is 0 Å². The first kappa shape index (κ1) is 11.6. The van der Waals surface area contributed by atoms with Gasteiger partial charge in [0.25, 0.3) is 0 Å². The molecule has 0 aromatic carbocycles. The zero-order valence-electron chi connectivity index (χ0n) is 9.12. The molecule has 0 N–H and O–H groups in total. The van der Waals surface area contributed by atoms with E-state index in [-0.39, 0.29) is 24.6 Å². The molecule has 0 amide bonds. The van der Waals surface area contributed by atoms with E-state index in [1.807, 2.05) is 0 Å². The summed E-state index contributed by atoms with van der Waals surface area (Å²) in [7, 11) is 0. The Morgan fingerprint density at radius 3 is 2.67 bits per heavy atom. The molecule has 1 rings (SSSR count). The van der Waals surface area contributed by atoms with Gasteiger partial charge < -0.3 is 4.74 Å². The smallest absolute Gasteiger partial charge is 0.302 e. The average molecular weight is 210 g/mol. The van der Waals surface area contributed by atoms with Gasteiger partial charge in [-0.15, -0.1) is 0 Å². The average Bonchev–Trinajstić information content (AvgIpc) is 2.11. The quantitative estimate of drug-likeness (QED) is 0.639. The Hall–Kier alpha value is -1.45. The summed E-state index contributed by atoms with van der Waals surface area (Å²) in [5, 5.41) is 0. The minimum absolute atomic E-state index is 0.0297. The maximum absolute atomic E-state index is 11.8. The third-order valence-electron chi connectivity index (χ3n) is 2.44. The fraction of sp³-hybridized carbons (Fsp3) is 0.545. The summed E-state index contributed by atoms with van der Waals surface area (Å²) in [6.07, 6.45) is 1.45. The molecular formula is C11H14O4. The summed E-state index contributed by atoms with van der Waals surface area (Å²) in [4.78, 5) is 33.8. The summed E-state index contributed by atoms with van der Waals surface area (Å²) in [6.45, 7) is 4.50. The number of ketones is 2. The number of hydrogen-bond acceptors (Lipinski definition) is 4. The minimum Gasteiger partial charge on any atom is -0.465 e. The maximum atomic E-state index is 11.8. The van der Waals surface area contributed by atoms with Crippen LogP contribution in [0, 0.1) is 5.41 Å². The van der Waals surface area contributed by atoms with Gasteiger partial charge in [-0.3, -0.25) is 14.4 Å². The monoisotopic (exact) mass is 210 g/mol. The van der Waals surface area contributed by atoms with E-state index in [4.69, 9.17) is 4.74 Å². The van der Waals surface area contributed by atoms with Gasteiger partial charge in [0.2, 0.25) is 0 Å². The first-order valence-electron chi connectivity index (χ1n) is 4.74. The van der Waals surface area contributed by atoms with Gasteiger partial charge in [-0.05, 0) is 25.5 Å². The molecule has 0 saturated carbocycles. The van der Waals surface area contributed by atoms with Crippen molar-refractivity contribution in [2.24, 2.45) is 5.41 Å². The van der Waals surface area contributed by atoms with Gasteiger partial charge >= 0.3 is 5.97 Å². The summed E-state index contributed by atoms with van der Waals surface area (Å²) in [5.41, 5.74) is -0.456. The molecule has 0 aromatic rings. The van der Waals surface area contributed by atoms with E-state index in [0.29, 0.717) is 5.57 Å². The van der Waals surface area contributed by atoms with Crippen LogP contribution in [0.3, 0.4) is 0 Å². The Morgan fingerprint density at radius 2 is 2.13 bits per heavy atom. The Kier molecular flexibility index (Phi) is 3.07. The molecule has 15 heavy (non-hydrogen) atoms. The van der Waals surface area contributed by atoms with Crippen LogP contribution in [-0.4, -0.2) is 24.1 Å². The molecule has 1 aliphatic carbocycles. The SMILES string of the molecule is CC(=O)OC[C@@]1(C)CC(=O)C=C(C)C1=O. The lowest BCUT2D eigenvalue weighted by Crippen LogP contribution is -2.39. The standard InChI is InChI=1S/C11H14O4/c1-7-4-9(13)5-11(3,10(7)14)6-15-8(2)12/h4H,5-6H2,1-3H3/t11-/m1/s1. The van der Waals surface area contributed by atoms with Crippen molar-refractivity contribution in [3.05, 3.63) is 11.6 Å². The highest BCUT2D eigenvalue weighted by Crippen LogP contribution is 2.31. The largest absolute Gasteiger partial charge is 0.465 e. The topological polar surface area (TPSA) is 60.4 Å². The molecule has 0 bridgehead atoms. The van der Waals surface area contributed by atoms with Gasteiger partial charge in [0, 0.05) is 13.3 Å². The van der Waals surface area contributed by atoms with Crippen LogP contribution in [0.5, 0.6) is 0 Å². The van der Waals surface area contributed by atoms with Gasteiger partial charge in [-0.1, -0.05) is 0 Å². The fourth-order valence-corrected chi connectivity index (χ4v) is 1.68. The first-order chi connectivity index (χ1) is 6.85. The molecule has 4 nitrogen and oxygen atoms in total. The van der Waals surface area contributed by atoms with E-state index in [1.165, 1.54) is 13.0 Å². The van der Waals surface area contributed by atoms with Crippen molar-refractivity contribution in [2.45, 2.75) is 27.2 Å². The zero-order chi connectivity index (χ0) is 11.6. The van der Waals surface area contributed by atoms with Gasteiger partial charge in [0.1, 0.15) is 6.61 Å². The van der Waals surface area contributed by atoms with Crippen molar-refractivity contribution in [1.29, 1.82) is 0 Å². The summed E-state index contributed by atoms with van der Waals surface area (Å²) in [5.74, 6) is -0.659.